The van der Waals surface area contributed by atoms with E-state index in [0.717, 1.165) is 94.5 Å². The number of rotatable bonds is 13. The number of pyridine rings is 2. The Hall–Kier alpha value is -10.1. The smallest absolute Gasteiger partial charge is 0.356 e. The van der Waals surface area contributed by atoms with Gasteiger partial charge in [-0.25, -0.2) is 9.78 Å². The van der Waals surface area contributed by atoms with Crippen molar-refractivity contribution in [2.24, 2.45) is 0 Å². The number of nitrogens with zero attached hydrogens (tertiary/aromatic N) is 10. The van der Waals surface area contributed by atoms with Gasteiger partial charge in [0.15, 0.2) is 0 Å². The fourth-order valence-corrected chi connectivity index (χ4v) is 13.8. The van der Waals surface area contributed by atoms with Crippen molar-refractivity contribution >= 4 is 62.8 Å². The molecule has 0 saturated carbocycles. The lowest BCUT2D eigenvalue weighted by atomic mass is 9.80. The predicted molar refractivity (Wildman–Crippen MR) is 346 cm³/mol. The number of ether oxygens (including phenoxy) is 1. The molecule has 0 aliphatic carbocycles. The third-order valence-corrected chi connectivity index (χ3v) is 18.6. The minimum atomic E-state index is -1.10. The van der Waals surface area contributed by atoms with E-state index in [-0.39, 0.29) is 27.6 Å². The summed E-state index contributed by atoms with van der Waals surface area (Å²) in [6.45, 7) is 8.47. The minimum absolute atomic E-state index is 0.218. The van der Waals surface area contributed by atoms with E-state index in [1.54, 1.807) is 91.0 Å². The monoisotopic (exact) mass is 1230 g/mol. The number of hydrogen-bond donors (Lipinski definition) is 3. The summed E-state index contributed by atoms with van der Waals surface area (Å²) >= 11 is 13.9. The number of hydrogen-bond acceptors (Lipinski definition) is 11. The van der Waals surface area contributed by atoms with Crippen molar-refractivity contribution in [3.8, 4) is 44.8 Å². The van der Waals surface area contributed by atoms with Crippen LogP contribution in [0.25, 0.3) is 66.6 Å². The number of aliphatic hydroxyl groups is 1. The summed E-state index contributed by atoms with van der Waals surface area (Å²) in [4.78, 5) is 51.4. The normalized spacial score (nSPS) is 16.4. The lowest BCUT2D eigenvalue weighted by Gasteiger charge is -2.40. The zero-order valence-electron chi connectivity index (χ0n) is 49.9. The molecule has 0 saturated heterocycles. The number of carbonyl (C=O) groups is 3. The largest absolute Gasteiger partial charge is 0.464 e. The van der Waals surface area contributed by atoms with Crippen LogP contribution in [-0.2, 0) is 47.3 Å². The zero-order valence-corrected chi connectivity index (χ0v) is 51.4. The molecule has 6 aromatic carbocycles. The summed E-state index contributed by atoms with van der Waals surface area (Å²) in [5.74, 6) is -1.16. The third-order valence-electron chi connectivity index (χ3n) is 18.0. The van der Waals surface area contributed by atoms with Gasteiger partial charge < -0.3 is 29.6 Å². The molecule has 17 nitrogen and oxygen atoms in total. The van der Waals surface area contributed by atoms with Crippen LogP contribution in [0.5, 0.6) is 0 Å². The zero-order chi connectivity index (χ0) is 62.2. The second-order valence-electron chi connectivity index (χ2n) is 24.1. The fraction of sp³-hybridized carbons (Fsp3) is 0.197. The highest BCUT2D eigenvalue weighted by Gasteiger charge is 2.43. The van der Waals surface area contributed by atoms with Crippen molar-refractivity contribution in [3.63, 3.8) is 0 Å². The van der Waals surface area contributed by atoms with Gasteiger partial charge in [0.1, 0.15) is 31.0 Å². The van der Waals surface area contributed by atoms with E-state index in [2.05, 4.69) is 149 Å². The van der Waals surface area contributed by atoms with E-state index in [1.165, 1.54) is 7.11 Å². The Kier molecular flexibility index (Phi) is 14.4. The first-order valence-electron chi connectivity index (χ1n) is 29.6. The predicted octanol–water partition coefficient (Wildman–Crippen LogP) is 13.0. The summed E-state index contributed by atoms with van der Waals surface area (Å²) in [6.07, 6.45) is 13.9. The number of fused-ring (bicyclic) bond motifs is 6. The van der Waals surface area contributed by atoms with Crippen LogP contribution in [0, 0.1) is 13.8 Å². The van der Waals surface area contributed by atoms with Gasteiger partial charge in [-0.1, -0.05) is 101 Å². The molecule has 6 aromatic heterocycles. The van der Waals surface area contributed by atoms with Gasteiger partial charge in [-0.2, -0.15) is 0 Å². The van der Waals surface area contributed by atoms with Gasteiger partial charge in [-0.15, -0.1) is 20.4 Å². The van der Waals surface area contributed by atoms with Gasteiger partial charge in [0, 0.05) is 91.0 Å². The van der Waals surface area contributed by atoms with Crippen LogP contribution in [-0.4, -0.2) is 78.6 Å². The standard InChI is InChI=1S/C71H60Cl2N12O5/c1-42-6-22-60-55(28-42)64(46-12-21-59(75-34-46)68(88)90-5)62-24-26-70(36-84(60)62,80-66(86)53-19-17-51(31-57(53)72)82-38-76-77-39-82)48-13-8-44(9-14-48)45-10-15-49(16-11-45)71(81-67(87)54-20-18-52(32-58(54)73)83-40-78-79-41-83)27-25-63-65(47-30-50(35-74-33-47)69(3,4)89)56-29-43(2)7-23-61(56)85(63)37-71/h6-23,28-35,38-41,89H,24-27,36-37H2,1-5H3,(H,80,86)(H,81,87)/t70-,71-/m1/s1. The summed E-state index contributed by atoms with van der Waals surface area (Å²) in [7, 11) is 1.34. The van der Waals surface area contributed by atoms with Crippen LogP contribution in [0.2, 0.25) is 10.0 Å². The van der Waals surface area contributed by atoms with E-state index >= 15 is 0 Å². The molecule has 0 spiro atoms. The maximum absolute atomic E-state index is 14.9. The highest BCUT2D eigenvalue weighted by molar-refractivity contribution is 6.34. The third kappa shape index (κ3) is 10.3. The van der Waals surface area contributed by atoms with E-state index < -0.39 is 22.6 Å². The molecule has 0 fully saturated rings. The first-order chi connectivity index (χ1) is 43.5. The molecule has 448 valence electrons. The summed E-state index contributed by atoms with van der Waals surface area (Å²) < 4.78 is 13.1. The number of benzene rings is 6. The van der Waals surface area contributed by atoms with Gasteiger partial charge in [-0.05, 0) is 148 Å². The van der Waals surface area contributed by atoms with Crippen LogP contribution in [0.3, 0.4) is 0 Å². The highest BCUT2D eigenvalue weighted by atomic mass is 35.5. The van der Waals surface area contributed by atoms with Crippen molar-refractivity contribution in [1.29, 1.82) is 0 Å². The number of carbonyl (C=O) groups excluding carboxylic acids is 3. The molecule has 90 heavy (non-hydrogen) atoms. The molecule has 14 rings (SSSR count). The van der Waals surface area contributed by atoms with Crippen molar-refractivity contribution in [1.82, 2.24) is 59.3 Å². The van der Waals surface area contributed by atoms with E-state index in [0.29, 0.717) is 61.2 Å². The van der Waals surface area contributed by atoms with Crippen LogP contribution >= 0.6 is 23.2 Å². The number of aromatic nitrogens is 10. The Morgan fingerprint density at radius 2 is 1.02 bits per heavy atom. The topological polar surface area (TPSA) is 202 Å². The Morgan fingerprint density at radius 3 is 1.46 bits per heavy atom. The Balaban J connectivity index is 0.834. The molecule has 2 amide bonds. The number of aryl methyl sites for hydroxylation is 2. The van der Waals surface area contributed by atoms with Gasteiger partial charge in [0.2, 0.25) is 0 Å². The molecule has 19 heteroatoms. The molecule has 0 unspecified atom stereocenters. The number of amides is 2. The van der Waals surface area contributed by atoms with Crippen LogP contribution < -0.4 is 10.6 Å². The molecule has 12 aromatic rings. The minimum Gasteiger partial charge on any atom is -0.464 e. The SMILES string of the molecule is COC(=O)c1ccc(-c2c3n(c4ccc(C)cc24)C[C@@](NC(=O)c2ccc(-n4cnnc4)cc2Cl)(c2ccc(-c4ccc([C@@]5(NC(=O)c6ccc(-n7cnnc7)cc6Cl)CCc6c(-c7cncc(C(C)(C)O)c7)c7cc(C)ccc7n6C5)cc4)cc2)CC3)cn1. The summed E-state index contributed by atoms with van der Waals surface area (Å²) in [5, 5.41) is 36.6. The number of halogens is 2. The molecule has 0 radical (unpaired) electrons. The Bertz CT molecular complexity index is 4800. The summed E-state index contributed by atoms with van der Waals surface area (Å²) in [6, 6.07) is 45.9. The molecular formula is C71H60Cl2N12O5. The van der Waals surface area contributed by atoms with E-state index in [4.69, 9.17) is 27.9 Å². The average Bonchev–Trinajstić information content (AvgIpc) is 1.70. The maximum atomic E-state index is 14.9. The molecule has 2 aliphatic rings. The Morgan fingerprint density at radius 1 is 0.556 bits per heavy atom. The van der Waals surface area contributed by atoms with Crippen LogP contribution in [0.1, 0.15) is 97.1 Å². The van der Waals surface area contributed by atoms with Crippen LogP contribution in [0.4, 0.5) is 0 Å². The number of methoxy groups -OCH3 is 1. The van der Waals surface area contributed by atoms with E-state index in [1.807, 2.05) is 30.5 Å². The summed E-state index contributed by atoms with van der Waals surface area (Å²) in [5.41, 5.74) is 14.0. The van der Waals surface area contributed by atoms with Gasteiger partial charge in [-0.3, -0.25) is 23.7 Å². The number of nitrogens with one attached hydrogen (secondary N) is 2. The van der Waals surface area contributed by atoms with Crippen molar-refractivity contribution < 1.29 is 24.2 Å². The second-order valence-corrected chi connectivity index (χ2v) is 24.9. The Labute approximate surface area is 528 Å². The maximum Gasteiger partial charge on any atom is 0.356 e. The first-order valence-corrected chi connectivity index (χ1v) is 30.3. The molecule has 2 atom stereocenters. The molecule has 2 aliphatic heterocycles. The molecule has 0 bridgehead atoms. The molecule has 3 N–H and O–H groups in total. The highest BCUT2D eigenvalue weighted by Crippen LogP contribution is 2.47. The van der Waals surface area contributed by atoms with Gasteiger partial charge in [0.25, 0.3) is 11.8 Å². The number of esters is 1. The average molecular weight is 1230 g/mol. The fourth-order valence-electron chi connectivity index (χ4n) is 13.3. The van der Waals surface area contributed by atoms with Gasteiger partial charge >= 0.3 is 5.97 Å². The van der Waals surface area contributed by atoms with Crippen LogP contribution in [0.15, 0.2) is 183 Å². The van der Waals surface area contributed by atoms with E-state index in [9.17, 15) is 19.5 Å². The second kappa shape index (κ2) is 22.5. The lowest BCUT2D eigenvalue weighted by Crippen LogP contribution is -2.51. The van der Waals surface area contributed by atoms with Crippen molar-refractivity contribution in [3.05, 3.63) is 249 Å². The first kappa shape index (κ1) is 57.7. The lowest BCUT2D eigenvalue weighted by molar-refractivity contribution is 0.0593. The van der Waals surface area contributed by atoms with Gasteiger partial charge in [0.05, 0.1) is 58.1 Å². The molecular weight excluding hydrogens is 1170 g/mol. The van der Waals surface area contributed by atoms with Crippen molar-refractivity contribution in [2.45, 2.75) is 83.1 Å². The van der Waals surface area contributed by atoms with Crippen molar-refractivity contribution in [2.75, 3.05) is 7.11 Å². The molecule has 8 heterocycles. The quantitative estimate of drug-likeness (QED) is 0.0927.